The highest BCUT2D eigenvalue weighted by Gasteiger charge is 2.77. The molecule has 1 saturated carbocycles. The van der Waals surface area contributed by atoms with E-state index in [9.17, 15) is 9.90 Å². The summed E-state index contributed by atoms with van der Waals surface area (Å²) < 4.78 is 20.6. The van der Waals surface area contributed by atoms with E-state index in [-0.39, 0.29) is 47.7 Å². The van der Waals surface area contributed by atoms with Crippen molar-refractivity contribution in [2.75, 3.05) is 33.4 Å². The van der Waals surface area contributed by atoms with Crippen LogP contribution in [-0.2, 0) is 32.5 Å². The monoisotopic (exact) mass is 631 g/mol. The fourth-order valence-electron chi connectivity index (χ4n) is 8.74. The fourth-order valence-corrected chi connectivity index (χ4v) is 8.74. The maximum Gasteiger partial charge on any atom is 0.174 e. The first-order chi connectivity index (χ1) is 18.0. The number of ketones is 1. The number of hydrogen-bond acceptors (Lipinski definition) is 5. The molecule has 7 rings (SSSR count). The number of halogens is 1. The van der Waals surface area contributed by atoms with Gasteiger partial charge in [0, 0.05) is 38.0 Å². The molecule has 0 radical (unpaired) electrons. The van der Waals surface area contributed by atoms with Crippen LogP contribution in [0.3, 0.4) is 0 Å². The predicted molar refractivity (Wildman–Crippen MR) is 139 cm³/mol. The van der Waals surface area contributed by atoms with Gasteiger partial charge in [0.15, 0.2) is 23.4 Å². The quantitative estimate of drug-likeness (QED) is 0.282. The minimum absolute atomic E-state index is 0. The van der Waals surface area contributed by atoms with Gasteiger partial charge in [0.1, 0.15) is 24.3 Å². The Bertz CT molecular complexity index is 1220. The van der Waals surface area contributed by atoms with Crippen LogP contribution >= 0.6 is 0 Å². The molecule has 204 valence electrons. The number of likely N-dealkylation sites (N-methyl/N-ethyl adjacent to an activating group) is 1. The van der Waals surface area contributed by atoms with E-state index in [2.05, 4.69) is 43.4 Å². The van der Waals surface area contributed by atoms with Crippen LogP contribution in [0.4, 0.5) is 0 Å². The summed E-state index contributed by atoms with van der Waals surface area (Å²) in [6, 6.07) is 14.6. The molecule has 1 N–H and O–H groups in total. The standard InChI is InChI=1S/C31H37NO5.HI/c1-32(20-23-10-6-17-35-23)16-15-30-27-22-11-12-24(33)28(27)37-29(30)25(34)13-14-31(30,26(32)19-22)36-18-5-9-21-7-3-2-4-8-21;/h2-4,7-8,11-12,23,26,29H,5-6,9-10,13-20H2,1H3;1H/t23?,26?,29?,30-,31?,32+;/m0./s1. The Hall–Kier alpha value is -1.68. The van der Waals surface area contributed by atoms with Gasteiger partial charge in [-0.1, -0.05) is 36.4 Å². The number of benzene rings is 2. The van der Waals surface area contributed by atoms with E-state index in [1.807, 2.05) is 0 Å². The Balaban J connectivity index is 0.00000264. The molecule has 2 aromatic carbocycles. The summed E-state index contributed by atoms with van der Waals surface area (Å²) in [5.41, 5.74) is 2.57. The topological polar surface area (TPSA) is 65.0 Å². The molecule has 2 aliphatic carbocycles. The van der Waals surface area contributed by atoms with Crippen molar-refractivity contribution < 1.29 is 52.6 Å². The van der Waals surface area contributed by atoms with Crippen molar-refractivity contribution in [3.63, 3.8) is 0 Å². The molecule has 3 aliphatic heterocycles. The lowest BCUT2D eigenvalue weighted by atomic mass is 9.48. The third kappa shape index (κ3) is 3.71. The minimum Gasteiger partial charge on any atom is -1.00 e. The first-order valence-electron chi connectivity index (χ1n) is 14.2. The summed E-state index contributed by atoms with van der Waals surface area (Å²) in [4.78, 5) is 13.4. The fraction of sp³-hybridized carbons (Fsp3) is 0.581. The van der Waals surface area contributed by atoms with E-state index in [4.69, 9.17) is 14.2 Å². The molecule has 0 amide bonds. The largest absolute Gasteiger partial charge is 1.00 e. The van der Waals surface area contributed by atoms with Crippen molar-refractivity contribution in [1.29, 1.82) is 0 Å². The Labute approximate surface area is 242 Å². The van der Waals surface area contributed by atoms with Gasteiger partial charge in [-0.15, -0.1) is 0 Å². The summed E-state index contributed by atoms with van der Waals surface area (Å²) in [5.74, 6) is 0.832. The summed E-state index contributed by atoms with van der Waals surface area (Å²) in [5, 5.41) is 10.8. The second-order valence-electron chi connectivity index (χ2n) is 12.2. The molecular formula is C31H38INO5. The number of carbonyl (C=O) groups excluding carboxylic acids is 1. The zero-order valence-electron chi connectivity index (χ0n) is 22.2. The first kappa shape index (κ1) is 26.5. The number of ether oxygens (including phenoxy) is 3. The zero-order chi connectivity index (χ0) is 25.3. The van der Waals surface area contributed by atoms with Gasteiger partial charge in [-0.05, 0) is 49.3 Å². The average molecular weight is 632 g/mol. The number of hydrogen-bond donors (Lipinski definition) is 1. The number of aryl methyl sites for hydroxylation is 1. The molecule has 1 spiro atoms. The van der Waals surface area contributed by atoms with E-state index in [1.165, 1.54) is 11.1 Å². The van der Waals surface area contributed by atoms with Crippen molar-refractivity contribution >= 4 is 5.78 Å². The van der Waals surface area contributed by atoms with E-state index in [1.54, 1.807) is 6.07 Å². The highest BCUT2D eigenvalue weighted by Crippen LogP contribution is 2.67. The second-order valence-corrected chi connectivity index (χ2v) is 12.2. The van der Waals surface area contributed by atoms with E-state index >= 15 is 0 Å². The van der Waals surface area contributed by atoms with E-state index < -0.39 is 17.1 Å². The number of likely N-dealkylation sites (tertiary alicyclic amines) is 1. The number of quaternary nitrogens is 1. The normalized spacial score (nSPS) is 36.3. The molecule has 38 heavy (non-hydrogen) atoms. The molecule has 3 fully saturated rings. The van der Waals surface area contributed by atoms with Crippen LogP contribution < -0.4 is 28.7 Å². The third-order valence-electron chi connectivity index (χ3n) is 10.3. The SMILES string of the molecule is C[N@+]1(CC2CCCO2)CC[C@]23c4c5ccc(O)c4OC2C(=O)CCC3(OCCCc2ccccc2)C1C5.[I-]. The smallest absolute Gasteiger partial charge is 0.174 e. The summed E-state index contributed by atoms with van der Waals surface area (Å²) >= 11 is 0. The van der Waals surface area contributed by atoms with Crippen LogP contribution in [0.1, 0.15) is 55.2 Å². The molecule has 0 aromatic heterocycles. The number of nitrogens with zero attached hydrogens (tertiary/aromatic N) is 1. The van der Waals surface area contributed by atoms with Gasteiger partial charge in [-0.25, -0.2) is 0 Å². The summed E-state index contributed by atoms with van der Waals surface area (Å²) in [7, 11) is 2.39. The molecular weight excluding hydrogens is 593 g/mol. The maximum absolute atomic E-state index is 13.4. The highest BCUT2D eigenvalue weighted by molar-refractivity contribution is 5.90. The third-order valence-corrected chi connectivity index (χ3v) is 10.3. The highest BCUT2D eigenvalue weighted by atomic mass is 127. The van der Waals surface area contributed by atoms with Gasteiger partial charge in [0.2, 0.25) is 0 Å². The van der Waals surface area contributed by atoms with Gasteiger partial charge >= 0.3 is 0 Å². The van der Waals surface area contributed by atoms with E-state index in [0.717, 1.165) is 74.7 Å². The average Bonchev–Trinajstić information content (AvgIpc) is 3.54. The summed E-state index contributed by atoms with van der Waals surface area (Å²) in [6.45, 7) is 3.45. The Morgan fingerprint density at radius 1 is 1.16 bits per heavy atom. The minimum atomic E-state index is -0.572. The number of phenols is 1. The van der Waals surface area contributed by atoms with Crippen LogP contribution in [0.25, 0.3) is 0 Å². The van der Waals surface area contributed by atoms with Crippen LogP contribution in [0.5, 0.6) is 11.5 Å². The predicted octanol–water partition coefficient (Wildman–Crippen LogP) is 1.10. The number of carbonyl (C=O) groups is 1. The molecule has 6 nitrogen and oxygen atoms in total. The van der Waals surface area contributed by atoms with Crippen molar-refractivity contribution in [2.24, 2.45) is 0 Å². The Morgan fingerprint density at radius 2 is 2.00 bits per heavy atom. The van der Waals surface area contributed by atoms with Gasteiger partial charge in [0.05, 0.1) is 19.0 Å². The number of phenolic OH excluding ortho intramolecular Hbond substituents is 1. The lowest BCUT2D eigenvalue weighted by Crippen LogP contribution is -3.00. The zero-order valence-corrected chi connectivity index (χ0v) is 24.3. The molecule has 4 unspecified atom stereocenters. The molecule has 6 atom stereocenters. The van der Waals surface area contributed by atoms with Gasteiger partial charge in [-0.3, -0.25) is 4.79 Å². The molecule has 5 aliphatic rings. The van der Waals surface area contributed by atoms with Crippen LogP contribution in [0.2, 0.25) is 0 Å². The molecule has 2 saturated heterocycles. The number of piperidine rings is 1. The van der Waals surface area contributed by atoms with Crippen molar-refractivity contribution in [1.82, 2.24) is 0 Å². The van der Waals surface area contributed by atoms with Crippen LogP contribution in [0.15, 0.2) is 42.5 Å². The van der Waals surface area contributed by atoms with E-state index in [0.29, 0.717) is 18.8 Å². The van der Waals surface area contributed by atoms with Crippen molar-refractivity contribution in [3.05, 3.63) is 59.2 Å². The van der Waals surface area contributed by atoms with Crippen molar-refractivity contribution in [3.8, 4) is 11.5 Å². The first-order valence-corrected chi connectivity index (χ1v) is 14.2. The number of Topliss-reactive ketones (excluding diaryl/α,β-unsaturated/α-hetero) is 1. The molecule has 7 heteroatoms. The Morgan fingerprint density at radius 3 is 2.79 bits per heavy atom. The molecule has 3 heterocycles. The number of aromatic hydroxyl groups is 1. The van der Waals surface area contributed by atoms with Crippen molar-refractivity contribution in [2.45, 2.75) is 80.6 Å². The lowest BCUT2D eigenvalue weighted by molar-refractivity contribution is -0.951. The maximum atomic E-state index is 13.4. The molecule has 2 aromatic rings. The summed E-state index contributed by atoms with van der Waals surface area (Å²) in [6.07, 6.45) is 6.75. The number of rotatable bonds is 7. The van der Waals surface area contributed by atoms with Gasteiger partial charge in [-0.2, -0.15) is 0 Å². The van der Waals surface area contributed by atoms with Crippen LogP contribution in [-0.4, -0.2) is 72.6 Å². The molecule has 2 bridgehead atoms. The van der Waals surface area contributed by atoms with Gasteiger partial charge in [0.25, 0.3) is 0 Å². The lowest BCUT2D eigenvalue weighted by Gasteiger charge is -2.66. The van der Waals surface area contributed by atoms with Gasteiger partial charge < -0.3 is 47.8 Å². The second kappa shape index (κ2) is 9.75. The Kier molecular flexibility index (Phi) is 6.81. The van der Waals surface area contributed by atoms with Crippen LogP contribution in [0, 0.1) is 0 Å².